The zero-order valence-corrected chi connectivity index (χ0v) is 14.6. The van der Waals surface area contributed by atoms with Crippen molar-refractivity contribution in [2.75, 3.05) is 20.0 Å². The molecular weight excluding hydrogens is 353 g/mol. The lowest BCUT2D eigenvalue weighted by molar-refractivity contribution is -0.155. The average molecular weight is 370 g/mol. The van der Waals surface area contributed by atoms with Gasteiger partial charge in [0.1, 0.15) is 25.2 Å². The molecule has 1 aliphatic heterocycles. The Morgan fingerprint density at radius 1 is 1.33 bits per heavy atom. The predicted octanol–water partition coefficient (Wildman–Crippen LogP) is 3.56. The van der Waals surface area contributed by atoms with E-state index in [2.05, 4.69) is 10.1 Å². The van der Waals surface area contributed by atoms with Gasteiger partial charge in [0.05, 0.1) is 24.3 Å². The van der Waals surface area contributed by atoms with E-state index in [1.165, 1.54) is 17.3 Å². The number of benzene rings is 1. The minimum Gasteiger partial charge on any atom is -0.510 e. The van der Waals surface area contributed by atoms with Crippen LogP contribution >= 0.6 is 23.2 Å². The monoisotopic (exact) mass is 369 g/mol. The van der Waals surface area contributed by atoms with Crippen LogP contribution < -0.4 is 0 Å². The minimum absolute atomic E-state index is 0.138. The van der Waals surface area contributed by atoms with Gasteiger partial charge in [-0.1, -0.05) is 29.3 Å². The van der Waals surface area contributed by atoms with E-state index in [0.29, 0.717) is 35.4 Å². The molecule has 1 aliphatic rings. The van der Waals surface area contributed by atoms with Crippen molar-refractivity contribution in [3.05, 3.63) is 52.2 Å². The molecule has 1 aromatic heterocycles. The summed E-state index contributed by atoms with van der Waals surface area (Å²) in [6.07, 6.45) is 3.30. The number of rotatable bonds is 4. The molecule has 128 valence electrons. The molecule has 1 N–H and O–H groups in total. The summed E-state index contributed by atoms with van der Waals surface area (Å²) in [6.45, 7) is 2.81. The number of halogens is 2. The van der Waals surface area contributed by atoms with Gasteiger partial charge in [0.2, 0.25) is 0 Å². The van der Waals surface area contributed by atoms with E-state index in [4.69, 9.17) is 32.7 Å². The lowest BCUT2D eigenvalue weighted by atomic mass is 9.87. The second kappa shape index (κ2) is 7.11. The van der Waals surface area contributed by atoms with Gasteiger partial charge in [0.15, 0.2) is 0 Å². The number of aromatic nitrogens is 3. The maximum atomic E-state index is 10.9. The Balaban J connectivity index is 2.02. The van der Waals surface area contributed by atoms with Crippen LogP contribution in [0, 0.1) is 5.41 Å². The Morgan fingerprint density at radius 2 is 2.08 bits per heavy atom. The van der Waals surface area contributed by atoms with Crippen LogP contribution in [0.25, 0.3) is 5.70 Å². The molecule has 0 spiro atoms. The Kier molecular flexibility index (Phi) is 5.10. The van der Waals surface area contributed by atoms with Gasteiger partial charge in [-0.2, -0.15) is 5.10 Å². The Morgan fingerprint density at radius 3 is 2.71 bits per heavy atom. The van der Waals surface area contributed by atoms with Crippen molar-refractivity contribution in [1.29, 1.82) is 0 Å². The van der Waals surface area contributed by atoms with E-state index in [1.807, 2.05) is 13.0 Å². The first-order valence-electron chi connectivity index (χ1n) is 7.36. The maximum Gasteiger partial charge on any atom is 0.146 e. The molecule has 0 atom stereocenters. The first-order valence-corrected chi connectivity index (χ1v) is 8.12. The molecule has 0 radical (unpaired) electrons. The Hall–Kier alpha value is -1.60. The number of hydrogen-bond acceptors (Lipinski definition) is 5. The second-order valence-corrected chi connectivity index (χ2v) is 6.77. The number of allylic oxidation sites excluding steroid dienone is 1. The van der Waals surface area contributed by atoms with Gasteiger partial charge in [-0.3, -0.25) is 0 Å². The van der Waals surface area contributed by atoms with Gasteiger partial charge in [-0.05, 0) is 24.6 Å². The van der Waals surface area contributed by atoms with Crippen molar-refractivity contribution in [1.82, 2.24) is 14.8 Å². The van der Waals surface area contributed by atoms with Crippen LogP contribution in [-0.4, -0.2) is 39.9 Å². The molecule has 1 saturated heterocycles. The van der Waals surface area contributed by atoms with Crippen molar-refractivity contribution >= 4 is 28.9 Å². The van der Waals surface area contributed by atoms with Gasteiger partial charge in [-0.25, -0.2) is 9.67 Å². The molecule has 6 nitrogen and oxygen atoms in total. The lowest BCUT2D eigenvalue weighted by Crippen LogP contribution is -2.37. The highest BCUT2D eigenvalue weighted by Gasteiger charge is 2.36. The van der Waals surface area contributed by atoms with Gasteiger partial charge in [0, 0.05) is 16.5 Å². The molecule has 2 aromatic rings. The Bertz CT molecular complexity index is 741. The molecule has 0 bridgehead atoms. The average Bonchev–Trinajstić information content (AvgIpc) is 3.08. The van der Waals surface area contributed by atoms with Crippen LogP contribution in [-0.2, 0) is 15.9 Å². The third-order valence-electron chi connectivity index (χ3n) is 3.92. The number of ether oxygens (including phenoxy) is 2. The molecule has 0 unspecified atom stereocenters. The van der Waals surface area contributed by atoms with Crippen molar-refractivity contribution in [3.63, 3.8) is 0 Å². The highest BCUT2D eigenvalue weighted by molar-refractivity contribution is 6.35. The molecule has 24 heavy (non-hydrogen) atoms. The fourth-order valence-electron chi connectivity index (χ4n) is 2.59. The molecule has 8 heteroatoms. The smallest absolute Gasteiger partial charge is 0.146 e. The summed E-state index contributed by atoms with van der Waals surface area (Å²) in [4.78, 5) is 3.96. The molecule has 0 aliphatic carbocycles. The fraction of sp³-hybridized carbons (Fsp3) is 0.375. The highest BCUT2D eigenvalue weighted by atomic mass is 35.5. The molecule has 1 aromatic carbocycles. The van der Waals surface area contributed by atoms with Crippen molar-refractivity contribution in [3.8, 4) is 0 Å². The van der Waals surface area contributed by atoms with Gasteiger partial charge in [0.25, 0.3) is 0 Å². The zero-order chi connectivity index (χ0) is 17.2. The normalized spacial score (nSPS) is 18.3. The quantitative estimate of drug-likeness (QED) is 0.834. The maximum absolute atomic E-state index is 10.9. The van der Waals surface area contributed by atoms with Crippen LogP contribution in [0.4, 0.5) is 0 Å². The number of aliphatic hydroxyl groups excluding tert-OH is 1. The first kappa shape index (κ1) is 17.2. The van der Waals surface area contributed by atoms with E-state index in [1.54, 1.807) is 12.1 Å². The summed E-state index contributed by atoms with van der Waals surface area (Å²) in [5, 5.41) is 16.2. The van der Waals surface area contributed by atoms with Crippen molar-refractivity contribution in [2.45, 2.75) is 13.3 Å². The molecule has 1 fully saturated rings. The van der Waals surface area contributed by atoms with Crippen LogP contribution in [0.15, 0.2) is 36.6 Å². The van der Waals surface area contributed by atoms with Crippen LogP contribution in [0.1, 0.15) is 12.5 Å². The Labute approximate surface area is 149 Å². The van der Waals surface area contributed by atoms with Crippen molar-refractivity contribution in [2.24, 2.45) is 5.41 Å². The summed E-state index contributed by atoms with van der Waals surface area (Å²) >= 11 is 12.2. The summed E-state index contributed by atoms with van der Waals surface area (Å²) in [5.41, 5.74) is 0.714. The summed E-state index contributed by atoms with van der Waals surface area (Å²) in [6, 6.07) is 5.25. The molecular formula is C16H17Cl2N3O3. The molecule has 3 rings (SSSR count). The first-order chi connectivity index (χ1) is 11.5. The van der Waals surface area contributed by atoms with Crippen LogP contribution in [0.2, 0.25) is 10.0 Å². The molecule has 2 heterocycles. The minimum atomic E-state index is -0.668. The zero-order valence-electron chi connectivity index (χ0n) is 13.1. The van der Waals surface area contributed by atoms with E-state index >= 15 is 0 Å². The number of aliphatic hydroxyl groups is 1. The van der Waals surface area contributed by atoms with E-state index in [9.17, 15) is 5.11 Å². The van der Waals surface area contributed by atoms with E-state index in [-0.39, 0.29) is 12.6 Å². The van der Waals surface area contributed by atoms with E-state index < -0.39 is 5.41 Å². The highest BCUT2D eigenvalue weighted by Crippen LogP contribution is 2.34. The lowest BCUT2D eigenvalue weighted by Gasteiger charge is -2.33. The topological polar surface area (TPSA) is 69.4 Å². The third kappa shape index (κ3) is 3.57. The molecule has 0 saturated carbocycles. The second-order valence-electron chi connectivity index (χ2n) is 5.92. The third-order valence-corrected chi connectivity index (χ3v) is 4.51. The fourth-order valence-corrected chi connectivity index (χ4v) is 3.06. The van der Waals surface area contributed by atoms with E-state index in [0.717, 1.165) is 5.56 Å². The molecule has 0 amide bonds. The number of nitrogens with zero attached hydrogens (tertiary/aromatic N) is 3. The summed E-state index contributed by atoms with van der Waals surface area (Å²) in [5.74, 6) is 0.138. The van der Waals surface area contributed by atoms with Crippen molar-refractivity contribution < 1.29 is 14.6 Å². The van der Waals surface area contributed by atoms with Crippen LogP contribution in [0.3, 0.4) is 0 Å². The van der Waals surface area contributed by atoms with Crippen LogP contribution in [0.5, 0.6) is 0 Å². The number of hydrogen-bond donors (Lipinski definition) is 1. The standard InChI is InChI=1S/C16H17Cl2N3O3/c1-16(6-23-10-24-7-16)15(22)14(21-9-19-8-20-21)4-11-2-3-12(17)5-13(11)18/h2-3,5,8-9,22H,4,6-7,10H2,1H3. The SMILES string of the molecule is CC1(C(O)=C(Cc2ccc(Cl)cc2Cl)n2cncn2)COCOC1. The predicted molar refractivity (Wildman–Crippen MR) is 90.9 cm³/mol. The van der Waals surface area contributed by atoms with Gasteiger partial charge >= 0.3 is 0 Å². The summed E-state index contributed by atoms with van der Waals surface area (Å²) < 4.78 is 12.2. The largest absolute Gasteiger partial charge is 0.510 e. The van der Waals surface area contributed by atoms with Gasteiger partial charge < -0.3 is 14.6 Å². The van der Waals surface area contributed by atoms with Gasteiger partial charge in [-0.15, -0.1) is 0 Å². The summed E-state index contributed by atoms with van der Waals surface area (Å²) in [7, 11) is 0.